The molecular weight excluding hydrogens is 136 g/mol. The lowest BCUT2D eigenvalue weighted by molar-refractivity contribution is 0.186. The minimum Gasteiger partial charge on any atom is -0.726 e. The summed E-state index contributed by atoms with van der Waals surface area (Å²) in [6, 6.07) is 0. The van der Waals surface area contributed by atoms with E-state index in [4.69, 9.17) is 5.11 Å². The van der Waals surface area contributed by atoms with Crippen LogP contribution in [0, 0.1) is 0 Å². The third-order valence-corrected chi connectivity index (χ3v) is 0.774. The van der Waals surface area contributed by atoms with Gasteiger partial charge in [-0.1, -0.05) is 0 Å². The highest BCUT2D eigenvalue weighted by atomic mass is 32.3. The zero-order valence-electron chi connectivity index (χ0n) is 3.90. The maximum absolute atomic E-state index is 9.50. The van der Waals surface area contributed by atoms with E-state index in [2.05, 4.69) is 4.18 Å². The third kappa shape index (κ3) is 5.83. The Balaban J connectivity index is 3.42. The summed E-state index contributed by atoms with van der Waals surface area (Å²) in [7, 11) is -4.60. The minimum atomic E-state index is -4.60. The van der Waals surface area contributed by atoms with E-state index < -0.39 is 23.6 Å². The molecule has 1 N–H and O–H groups in total. The molecule has 0 rings (SSSR count). The van der Waals surface area contributed by atoms with E-state index in [0.29, 0.717) is 0 Å². The van der Waals surface area contributed by atoms with Gasteiger partial charge in [0.05, 0.1) is 13.2 Å². The first-order valence-electron chi connectivity index (χ1n) is 1.77. The van der Waals surface area contributed by atoms with Crippen LogP contribution >= 0.6 is 0 Å². The van der Waals surface area contributed by atoms with Gasteiger partial charge in [-0.3, -0.25) is 4.18 Å². The normalized spacial score (nSPS) is 11.8. The molecule has 0 aliphatic heterocycles. The van der Waals surface area contributed by atoms with Gasteiger partial charge in [0.2, 0.25) is 10.4 Å². The fourth-order valence-corrected chi connectivity index (χ4v) is 0.418. The summed E-state index contributed by atoms with van der Waals surface area (Å²) in [5.74, 6) is 0. The van der Waals surface area contributed by atoms with Crippen molar-refractivity contribution in [3.05, 3.63) is 0 Å². The highest BCUT2D eigenvalue weighted by Gasteiger charge is 1.89. The molecule has 0 aromatic rings. The predicted molar refractivity (Wildman–Crippen MR) is 22.7 cm³/mol. The first-order chi connectivity index (χ1) is 3.56. The zero-order chi connectivity index (χ0) is 6.62. The standard InChI is InChI=1S/C2H6O5S/c3-1-2-7-8(4,5)6/h3H,1-2H2,(H,4,5,6)/p-1. The molecule has 0 aromatic carbocycles. The lowest BCUT2D eigenvalue weighted by Crippen LogP contribution is -2.07. The van der Waals surface area contributed by atoms with E-state index >= 15 is 0 Å². The molecule has 6 heteroatoms. The van der Waals surface area contributed by atoms with E-state index in [-0.39, 0.29) is 0 Å². The van der Waals surface area contributed by atoms with Crippen LogP contribution in [0.2, 0.25) is 0 Å². The van der Waals surface area contributed by atoms with Crippen LogP contribution in [0.4, 0.5) is 0 Å². The van der Waals surface area contributed by atoms with Crippen molar-refractivity contribution in [3.8, 4) is 0 Å². The fraction of sp³-hybridized carbons (Fsp3) is 1.00. The average Bonchev–Trinajstić information content (AvgIpc) is 1.59. The van der Waals surface area contributed by atoms with Crippen molar-refractivity contribution in [3.63, 3.8) is 0 Å². The molecule has 0 bridgehead atoms. The van der Waals surface area contributed by atoms with Crippen LogP contribution < -0.4 is 0 Å². The first kappa shape index (κ1) is 7.83. The molecule has 5 nitrogen and oxygen atoms in total. The van der Waals surface area contributed by atoms with Gasteiger partial charge in [0.25, 0.3) is 0 Å². The van der Waals surface area contributed by atoms with Gasteiger partial charge < -0.3 is 9.66 Å². The van der Waals surface area contributed by atoms with E-state index in [1.54, 1.807) is 0 Å². The van der Waals surface area contributed by atoms with Gasteiger partial charge in [-0.15, -0.1) is 0 Å². The summed E-state index contributed by atoms with van der Waals surface area (Å²) in [4.78, 5) is 0. The second-order valence-electron chi connectivity index (χ2n) is 0.954. The maximum Gasteiger partial charge on any atom is 0.217 e. The van der Waals surface area contributed by atoms with Gasteiger partial charge in [0.1, 0.15) is 0 Å². The quantitative estimate of drug-likeness (QED) is 0.380. The Bertz CT molecular complexity index is 135. The van der Waals surface area contributed by atoms with Crippen molar-refractivity contribution < 1.29 is 22.3 Å². The van der Waals surface area contributed by atoms with Crippen LogP contribution in [0.3, 0.4) is 0 Å². The van der Waals surface area contributed by atoms with Crippen molar-refractivity contribution in [1.82, 2.24) is 0 Å². The molecule has 0 amide bonds. The molecule has 0 aromatic heterocycles. The van der Waals surface area contributed by atoms with E-state index in [9.17, 15) is 13.0 Å². The van der Waals surface area contributed by atoms with Crippen molar-refractivity contribution in [2.24, 2.45) is 0 Å². The highest BCUT2D eigenvalue weighted by Crippen LogP contribution is 1.81. The average molecular weight is 141 g/mol. The Labute approximate surface area is 46.8 Å². The molecule has 0 unspecified atom stereocenters. The molecule has 0 heterocycles. The molecule has 50 valence electrons. The van der Waals surface area contributed by atoms with Crippen molar-refractivity contribution in [2.75, 3.05) is 13.2 Å². The number of hydrogen-bond acceptors (Lipinski definition) is 5. The number of aliphatic hydroxyl groups excluding tert-OH is 1. The monoisotopic (exact) mass is 141 g/mol. The highest BCUT2D eigenvalue weighted by molar-refractivity contribution is 7.80. The van der Waals surface area contributed by atoms with Gasteiger partial charge in [0.15, 0.2) is 0 Å². The number of aliphatic hydroxyl groups is 1. The van der Waals surface area contributed by atoms with Crippen LogP contribution in [-0.2, 0) is 14.6 Å². The predicted octanol–water partition coefficient (Wildman–Crippen LogP) is -1.54. The van der Waals surface area contributed by atoms with E-state index in [1.807, 2.05) is 0 Å². The van der Waals surface area contributed by atoms with Crippen molar-refractivity contribution in [2.45, 2.75) is 0 Å². The summed E-state index contributed by atoms with van der Waals surface area (Å²) >= 11 is 0. The van der Waals surface area contributed by atoms with Crippen LogP contribution in [0.25, 0.3) is 0 Å². The minimum absolute atomic E-state index is 0.466. The Morgan fingerprint density at radius 2 is 2.12 bits per heavy atom. The van der Waals surface area contributed by atoms with Gasteiger partial charge in [-0.2, -0.15) is 0 Å². The lowest BCUT2D eigenvalue weighted by atomic mass is 10.8. The summed E-state index contributed by atoms with van der Waals surface area (Å²) < 4.78 is 32.0. The molecule has 0 saturated heterocycles. The fourth-order valence-electron chi connectivity index (χ4n) is 0.139. The molecule has 0 atom stereocenters. The molecule has 0 spiro atoms. The summed E-state index contributed by atoms with van der Waals surface area (Å²) in [6.07, 6.45) is 0. The SMILES string of the molecule is O=S(=O)([O-])OCCO. The maximum atomic E-state index is 9.50. The molecule has 8 heavy (non-hydrogen) atoms. The Kier molecular flexibility index (Phi) is 2.91. The summed E-state index contributed by atoms with van der Waals surface area (Å²) in [5.41, 5.74) is 0. The van der Waals surface area contributed by atoms with E-state index in [0.717, 1.165) is 0 Å². The van der Waals surface area contributed by atoms with Crippen LogP contribution in [-0.4, -0.2) is 31.3 Å². The summed E-state index contributed by atoms with van der Waals surface area (Å²) in [6.45, 7) is -0.937. The summed E-state index contributed by atoms with van der Waals surface area (Å²) in [5, 5.41) is 7.90. The molecular formula is C2H5O5S-. The van der Waals surface area contributed by atoms with Gasteiger partial charge in [0, 0.05) is 0 Å². The molecule has 0 aliphatic rings. The van der Waals surface area contributed by atoms with Crippen LogP contribution in [0.5, 0.6) is 0 Å². The Morgan fingerprint density at radius 1 is 1.62 bits per heavy atom. The molecule has 0 aliphatic carbocycles. The number of rotatable bonds is 3. The third-order valence-electron chi connectivity index (χ3n) is 0.319. The Hall–Kier alpha value is -0.170. The second-order valence-corrected chi connectivity index (χ2v) is 2.01. The van der Waals surface area contributed by atoms with Crippen molar-refractivity contribution in [1.29, 1.82) is 0 Å². The smallest absolute Gasteiger partial charge is 0.217 e. The van der Waals surface area contributed by atoms with Crippen molar-refractivity contribution >= 4 is 10.4 Å². The van der Waals surface area contributed by atoms with Gasteiger partial charge in [-0.25, -0.2) is 8.42 Å². The van der Waals surface area contributed by atoms with Gasteiger partial charge in [-0.05, 0) is 0 Å². The van der Waals surface area contributed by atoms with Crippen LogP contribution in [0.1, 0.15) is 0 Å². The van der Waals surface area contributed by atoms with Crippen LogP contribution in [0.15, 0.2) is 0 Å². The molecule has 0 saturated carbocycles. The zero-order valence-corrected chi connectivity index (χ0v) is 4.72. The lowest BCUT2D eigenvalue weighted by Gasteiger charge is -2.03. The first-order valence-corrected chi connectivity index (χ1v) is 3.10. The molecule has 0 fully saturated rings. The van der Waals surface area contributed by atoms with Gasteiger partial charge >= 0.3 is 0 Å². The number of hydrogen-bond donors (Lipinski definition) is 1. The van der Waals surface area contributed by atoms with E-state index in [1.165, 1.54) is 0 Å². The molecule has 0 radical (unpaired) electrons. The largest absolute Gasteiger partial charge is 0.726 e. The topological polar surface area (TPSA) is 86.7 Å². The Morgan fingerprint density at radius 3 is 2.25 bits per heavy atom. The second kappa shape index (κ2) is 2.98.